The van der Waals surface area contributed by atoms with E-state index >= 15 is 0 Å². The standard InChI is InChI=1S/C25H30F2N8O/c1-2-22-17(14-29-35(22)24-13-23(30-25(28)31-24)34-15-21(36)16-34)4-3-5-32-6-8-33(9-7-32)20-11-18(26)10-19(27)12-20/h3-4,10-14,21,36H,2,5-9,15-16H2,1H3,(H2,28,30,31). The second-order valence-electron chi connectivity index (χ2n) is 9.13. The number of anilines is 3. The zero-order valence-corrected chi connectivity index (χ0v) is 20.2. The average molecular weight is 497 g/mol. The van der Waals surface area contributed by atoms with Crippen molar-refractivity contribution in [1.82, 2.24) is 24.6 Å². The predicted molar refractivity (Wildman–Crippen MR) is 135 cm³/mol. The lowest BCUT2D eigenvalue weighted by molar-refractivity contribution is 0.141. The number of hydrogen-bond acceptors (Lipinski definition) is 8. The summed E-state index contributed by atoms with van der Waals surface area (Å²) in [5, 5.41) is 14.2. The third kappa shape index (κ3) is 5.17. The van der Waals surface area contributed by atoms with Gasteiger partial charge in [0.25, 0.3) is 0 Å². The normalized spacial score (nSPS) is 17.2. The van der Waals surface area contributed by atoms with Crippen LogP contribution in [0.25, 0.3) is 11.9 Å². The Balaban J connectivity index is 1.22. The molecule has 4 heterocycles. The van der Waals surface area contributed by atoms with E-state index in [1.54, 1.807) is 4.68 Å². The van der Waals surface area contributed by atoms with Gasteiger partial charge in [0, 0.05) is 69.2 Å². The van der Waals surface area contributed by atoms with Crippen molar-refractivity contribution in [1.29, 1.82) is 0 Å². The molecular formula is C25H30F2N8O. The highest BCUT2D eigenvalue weighted by Gasteiger charge is 2.26. The lowest BCUT2D eigenvalue weighted by Crippen LogP contribution is -2.51. The van der Waals surface area contributed by atoms with E-state index in [2.05, 4.69) is 39.0 Å². The molecule has 0 bridgehead atoms. The first-order valence-electron chi connectivity index (χ1n) is 12.1. The molecule has 190 valence electrons. The molecule has 2 fully saturated rings. The highest BCUT2D eigenvalue weighted by Crippen LogP contribution is 2.24. The molecule has 1 aromatic carbocycles. The van der Waals surface area contributed by atoms with E-state index in [0.717, 1.165) is 43.4 Å². The Hall–Kier alpha value is -3.57. The van der Waals surface area contributed by atoms with Gasteiger partial charge in [-0.1, -0.05) is 19.1 Å². The summed E-state index contributed by atoms with van der Waals surface area (Å²) in [7, 11) is 0. The number of benzene rings is 1. The second-order valence-corrected chi connectivity index (χ2v) is 9.13. The Morgan fingerprint density at radius 2 is 1.69 bits per heavy atom. The van der Waals surface area contributed by atoms with Crippen LogP contribution in [0.5, 0.6) is 0 Å². The molecular weight excluding hydrogens is 466 g/mol. The van der Waals surface area contributed by atoms with E-state index < -0.39 is 11.6 Å². The van der Waals surface area contributed by atoms with Crippen LogP contribution in [0, 0.1) is 11.6 Å². The Morgan fingerprint density at radius 3 is 2.36 bits per heavy atom. The number of piperazine rings is 1. The predicted octanol–water partition coefficient (Wildman–Crippen LogP) is 2.10. The van der Waals surface area contributed by atoms with Gasteiger partial charge in [0.2, 0.25) is 5.95 Å². The summed E-state index contributed by atoms with van der Waals surface area (Å²) in [6.45, 7) is 6.90. The van der Waals surface area contributed by atoms with Gasteiger partial charge in [0.05, 0.1) is 18.0 Å². The van der Waals surface area contributed by atoms with Gasteiger partial charge in [-0.25, -0.2) is 13.5 Å². The first-order valence-corrected chi connectivity index (χ1v) is 12.1. The monoisotopic (exact) mass is 496 g/mol. The number of nitrogens with two attached hydrogens (primary N) is 1. The smallest absolute Gasteiger partial charge is 0.224 e. The number of nitrogens with zero attached hydrogens (tertiary/aromatic N) is 7. The molecule has 2 aromatic heterocycles. The first kappa shape index (κ1) is 24.1. The van der Waals surface area contributed by atoms with Crippen molar-refractivity contribution in [2.75, 3.05) is 61.3 Å². The maximum Gasteiger partial charge on any atom is 0.224 e. The van der Waals surface area contributed by atoms with Gasteiger partial charge in [-0.05, 0) is 18.6 Å². The van der Waals surface area contributed by atoms with E-state index in [9.17, 15) is 13.9 Å². The Labute approximate surface area is 208 Å². The average Bonchev–Trinajstić information content (AvgIpc) is 3.24. The van der Waals surface area contributed by atoms with Gasteiger partial charge < -0.3 is 20.6 Å². The number of rotatable bonds is 7. The molecule has 11 heteroatoms. The summed E-state index contributed by atoms with van der Waals surface area (Å²) >= 11 is 0. The van der Waals surface area contributed by atoms with E-state index in [4.69, 9.17) is 5.73 Å². The third-order valence-corrected chi connectivity index (χ3v) is 6.60. The fourth-order valence-corrected chi connectivity index (χ4v) is 4.67. The first-order chi connectivity index (χ1) is 17.4. The number of aliphatic hydroxyl groups is 1. The SMILES string of the molecule is CCc1c(C=CCN2CCN(c3cc(F)cc(F)c3)CC2)cnn1-c1cc(N2CC(O)C2)nc(N)n1. The fourth-order valence-electron chi connectivity index (χ4n) is 4.67. The highest BCUT2D eigenvalue weighted by atomic mass is 19.1. The summed E-state index contributed by atoms with van der Waals surface area (Å²) in [4.78, 5) is 14.9. The summed E-state index contributed by atoms with van der Waals surface area (Å²) in [6.07, 6.45) is 6.40. The molecule has 3 aromatic rings. The van der Waals surface area contributed by atoms with Crippen LogP contribution in [-0.2, 0) is 6.42 Å². The van der Waals surface area contributed by atoms with Crippen molar-refractivity contribution in [3.63, 3.8) is 0 Å². The van der Waals surface area contributed by atoms with Crippen LogP contribution in [0.4, 0.5) is 26.2 Å². The maximum absolute atomic E-state index is 13.5. The van der Waals surface area contributed by atoms with Gasteiger partial charge in [-0.2, -0.15) is 15.1 Å². The van der Waals surface area contributed by atoms with Crippen LogP contribution in [0.2, 0.25) is 0 Å². The summed E-state index contributed by atoms with van der Waals surface area (Å²) in [5.74, 6) is 0.335. The van der Waals surface area contributed by atoms with Crippen LogP contribution in [0.1, 0.15) is 18.2 Å². The van der Waals surface area contributed by atoms with E-state index in [-0.39, 0.29) is 12.1 Å². The van der Waals surface area contributed by atoms with Crippen LogP contribution < -0.4 is 15.5 Å². The largest absolute Gasteiger partial charge is 0.389 e. The number of halogens is 2. The van der Waals surface area contributed by atoms with Gasteiger partial charge in [-0.3, -0.25) is 4.90 Å². The minimum atomic E-state index is -0.553. The molecule has 2 aliphatic rings. The maximum atomic E-state index is 13.5. The quantitative estimate of drug-likeness (QED) is 0.513. The van der Waals surface area contributed by atoms with Crippen molar-refractivity contribution in [3.05, 3.63) is 59.4 Å². The van der Waals surface area contributed by atoms with Gasteiger partial charge in [0.15, 0.2) is 5.82 Å². The Bertz CT molecular complexity index is 1230. The lowest BCUT2D eigenvalue weighted by Gasteiger charge is -2.36. The zero-order valence-electron chi connectivity index (χ0n) is 20.2. The Kier molecular flexibility index (Phi) is 6.84. The van der Waals surface area contributed by atoms with E-state index in [0.29, 0.717) is 43.5 Å². The number of aromatic nitrogens is 4. The number of aliphatic hydroxyl groups excluding tert-OH is 1. The van der Waals surface area contributed by atoms with Crippen LogP contribution >= 0.6 is 0 Å². The number of nitrogen functional groups attached to an aromatic ring is 1. The van der Waals surface area contributed by atoms with Gasteiger partial charge in [0.1, 0.15) is 17.5 Å². The topological polar surface area (TPSA) is 99.6 Å². The molecule has 0 atom stereocenters. The molecule has 0 amide bonds. The van der Waals surface area contributed by atoms with Gasteiger partial charge >= 0.3 is 0 Å². The molecule has 0 aliphatic carbocycles. The molecule has 0 saturated carbocycles. The Morgan fingerprint density at radius 1 is 1.00 bits per heavy atom. The van der Waals surface area contributed by atoms with Crippen LogP contribution in [-0.4, -0.2) is 81.7 Å². The van der Waals surface area contributed by atoms with Crippen molar-refractivity contribution >= 4 is 23.5 Å². The fraction of sp³-hybridized carbons (Fsp3) is 0.400. The van der Waals surface area contributed by atoms with Crippen LogP contribution in [0.3, 0.4) is 0 Å². The lowest BCUT2D eigenvalue weighted by atomic mass is 10.1. The molecule has 3 N–H and O–H groups in total. The highest BCUT2D eigenvalue weighted by molar-refractivity contribution is 5.55. The zero-order chi connectivity index (χ0) is 25.2. The summed E-state index contributed by atoms with van der Waals surface area (Å²) in [5.41, 5.74) is 8.56. The third-order valence-electron chi connectivity index (χ3n) is 6.60. The van der Waals surface area contributed by atoms with Crippen molar-refractivity contribution in [3.8, 4) is 5.82 Å². The molecule has 5 rings (SSSR count). The molecule has 0 unspecified atom stereocenters. The molecule has 2 aliphatic heterocycles. The van der Waals surface area contributed by atoms with E-state index in [1.807, 2.05) is 22.1 Å². The van der Waals surface area contributed by atoms with E-state index in [1.165, 1.54) is 12.1 Å². The molecule has 0 radical (unpaired) electrons. The summed E-state index contributed by atoms with van der Waals surface area (Å²) in [6, 6.07) is 5.49. The minimum Gasteiger partial charge on any atom is -0.389 e. The van der Waals surface area contributed by atoms with Crippen LogP contribution in [0.15, 0.2) is 36.5 Å². The van der Waals surface area contributed by atoms with Gasteiger partial charge in [-0.15, -0.1) is 0 Å². The molecule has 0 spiro atoms. The molecule has 36 heavy (non-hydrogen) atoms. The minimum absolute atomic E-state index is 0.165. The van der Waals surface area contributed by atoms with Crippen molar-refractivity contribution < 1.29 is 13.9 Å². The van der Waals surface area contributed by atoms with Crippen molar-refractivity contribution in [2.24, 2.45) is 0 Å². The van der Waals surface area contributed by atoms with Crippen molar-refractivity contribution in [2.45, 2.75) is 19.4 Å². The molecule has 2 saturated heterocycles. The molecule has 9 nitrogen and oxygen atoms in total. The number of β-amino-alcohol motifs (C(OH)–C–C–N with tert-alkyl or cyclic N) is 1. The summed E-state index contributed by atoms with van der Waals surface area (Å²) < 4.78 is 28.9. The number of hydrogen-bond donors (Lipinski definition) is 2. The second kappa shape index (κ2) is 10.2.